The van der Waals surface area contributed by atoms with Crippen LogP contribution in [0, 0.1) is 17.3 Å². The Morgan fingerprint density at radius 3 is 2.40 bits per heavy atom. The summed E-state index contributed by atoms with van der Waals surface area (Å²) in [7, 11) is 0. The van der Waals surface area contributed by atoms with Crippen LogP contribution < -0.4 is 0 Å². The Kier molecular flexibility index (Phi) is 2.54. The molecule has 3 rings (SSSR count). The molecule has 3 atom stereocenters. The molecule has 0 amide bonds. The number of fused-ring (bicyclic) bond motifs is 2. The minimum atomic E-state index is 0.0494. The van der Waals surface area contributed by atoms with Crippen LogP contribution in [0.5, 0.6) is 0 Å². The van der Waals surface area contributed by atoms with Gasteiger partial charge in [0, 0.05) is 0 Å². The standard InChI is InChI=1S/C14H24O/c15-13-10-14(8-4-1-5-9-14)12-7-3-2-6-11(12)13/h11-13,15H,1-10H2/t11-,12+,13+/m0/s1. The molecule has 0 bridgehead atoms. The van der Waals surface area contributed by atoms with Crippen molar-refractivity contribution in [3.63, 3.8) is 0 Å². The molecular formula is C14H24O. The van der Waals surface area contributed by atoms with Crippen molar-refractivity contribution in [2.75, 3.05) is 0 Å². The molecule has 3 fully saturated rings. The fraction of sp³-hybridized carbons (Fsp3) is 1.00. The van der Waals surface area contributed by atoms with E-state index in [2.05, 4.69) is 0 Å². The molecule has 1 heteroatoms. The van der Waals surface area contributed by atoms with E-state index >= 15 is 0 Å². The molecule has 15 heavy (non-hydrogen) atoms. The highest BCUT2D eigenvalue weighted by Crippen LogP contribution is 2.59. The zero-order valence-corrected chi connectivity index (χ0v) is 9.75. The van der Waals surface area contributed by atoms with Crippen LogP contribution in [0.25, 0.3) is 0 Å². The summed E-state index contributed by atoms with van der Waals surface area (Å²) < 4.78 is 0. The van der Waals surface area contributed by atoms with E-state index in [1.165, 1.54) is 57.8 Å². The summed E-state index contributed by atoms with van der Waals surface area (Å²) in [5, 5.41) is 10.2. The lowest BCUT2D eigenvalue weighted by Crippen LogP contribution is -2.32. The lowest BCUT2D eigenvalue weighted by Gasteiger charge is -2.42. The maximum Gasteiger partial charge on any atom is 0.0576 e. The Bertz CT molecular complexity index is 229. The highest BCUT2D eigenvalue weighted by molar-refractivity contribution is 5.02. The summed E-state index contributed by atoms with van der Waals surface area (Å²) in [6.45, 7) is 0. The summed E-state index contributed by atoms with van der Waals surface area (Å²) >= 11 is 0. The third-order valence-electron chi connectivity index (χ3n) is 5.57. The van der Waals surface area contributed by atoms with Crippen molar-refractivity contribution in [2.24, 2.45) is 17.3 Å². The summed E-state index contributed by atoms with van der Waals surface area (Å²) in [5.41, 5.74) is 0.586. The topological polar surface area (TPSA) is 20.2 Å². The van der Waals surface area contributed by atoms with Crippen molar-refractivity contribution in [1.29, 1.82) is 0 Å². The zero-order valence-electron chi connectivity index (χ0n) is 9.75. The van der Waals surface area contributed by atoms with Gasteiger partial charge in [-0.25, -0.2) is 0 Å². The third kappa shape index (κ3) is 1.54. The molecule has 3 aliphatic rings. The Balaban J connectivity index is 1.83. The van der Waals surface area contributed by atoms with Gasteiger partial charge in [-0.15, -0.1) is 0 Å². The molecule has 3 saturated carbocycles. The molecule has 1 nitrogen and oxygen atoms in total. The maximum absolute atomic E-state index is 10.2. The van der Waals surface area contributed by atoms with Crippen molar-refractivity contribution in [1.82, 2.24) is 0 Å². The summed E-state index contributed by atoms with van der Waals surface area (Å²) in [4.78, 5) is 0. The quantitative estimate of drug-likeness (QED) is 0.646. The number of hydrogen-bond acceptors (Lipinski definition) is 1. The van der Waals surface area contributed by atoms with Gasteiger partial charge in [0.15, 0.2) is 0 Å². The Hall–Kier alpha value is -0.0400. The van der Waals surface area contributed by atoms with Gasteiger partial charge in [-0.1, -0.05) is 32.1 Å². The molecule has 0 aromatic rings. The molecule has 0 heterocycles. The first-order chi connectivity index (χ1) is 7.32. The monoisotopic (exact) mass is 208 g/mol. The van der Waals surface area contributed by atoms with Gasteiger partial charge >= 0.3 is 0 Å². The largest absolute Gasteiger partial charge is 0.393 e. The molecule has 0 aromatic heterocycles. The summed E-state index contributed by atoms with van der Waals surface area (Å²) in [6.07, 6.45) is 13.9. The molecule has 86 valence electrons. The molecule has 0 aromatic carbocycles. The Labute approximate surface area is 93.3 Å². The van der Waals surface area contributed by atoms with Gasteiger partial charge in [0.05, 0.1) is 6.10 Å². The van der Waals surface area contributed by atoms with Crippen LogP contribution in [0.2, 0.25) is 0 Å². The maximum atomic E-state index is 10.2. The van der Waals surface area contributed by atoms with Gasteiger partial charge in [-0.2, -0.15) is 0 Å². The molecular weight excluding hydrogens is 184 g/mol. The minimum Gasteiger partial charge on any atom is -0.393 e. The second kappa shape index (κ2) is 3.76. The number of hydrogen-bond donors (Lipinski definition) is 1. The van der Waals surface area contributed by atoms with Crippen molar-refractivity contribution in [3.8, 4) is 0 Å². The molecule has 0 unspecified atom stereocenters. The number of rotatable bonds is 0. The van der Waals surface area contributed by atoms with E-state index in [9.17, 15) is 5.11 Å². The molecule has 0 saturated heterocycles. The first-order valence-electron chi connectivity index (χ1n) is 7.00. The van der Waals surface area contributed by atoms with Gasteiger partial charge < -0.3 is 5.11 Å². The van der Waals surface area contributed by atoms with Crippen LogP contribution in [0.3, 0.4) is 0 Å². The van der Waals surface area contributed by atoms with Gasteiger partial charge in [-0.3, -0.25) is 0 Å². The first-order valence-corrected chi connectivity index (χ1v) is 7.00. The molecule has 1 N–H and O–H groups in total. The Morgan fingerprint density at radius 1 is 0.867 bits per heavy atom. The predicted molar refractivity (Wildman–Crippen MR) is 61.6 cm³/mol. The van der Waals surface area contributed by atoms with Crippen LogP contribution in [0.4, 0.5) is 0 Å². The lowest BCUT2D eigenvalue weighted by molar-refractivity contribution is 0.0744. The predicted octanol–water partition coefficient (Wildman–Crippen LogP) is 3.51. The van der Waals surface area contributed by atoms with Crippen LogP contribution >= 0.6 is 0 Å². The first kappa shape index (κ1) is 10.1. The van der Waals surface area contributed by atoms with Crippen LogP contribution in [-0.2, 0) is 0 Å². The van der Waals surface area contributed by atoms with E-state index < -0.39 is 0 Å². The van der Waals surface area contributed by atoms with E-state index in [1.807, 2.05) is 0 Å². The fourth-order valence-electron chi connectivity index (χ4n) is 4.93. The minimum absolute atomic E-state index is 0.0494. The van der Waals surface area contributed by atoms with Gasteiger partial charge in [0.1, 0.15) is 0 Å². The van der Waals surface area contributed by atoms with Crippen LogP contribution in [0.15, 0.2) is 0 Å². The van der Waals surface area contributed by atoms with E-state index in [-0.39, 0.29) is 6.10 Å². The lowest BCUT2D eigenvalue weighted by atomic mass is 9.63. The number of aliphatic hydroxyl groups excluding tert-OH is 1. The van der Waals surface area contributed by atoms with E-state index in [0.717, 1.165) is 12.3 Å². The van der Waals surface area contributed by atoms with Crippen molar-refractivity contribution < 1.29 is 5.11 Å². The smallest absolute Gasteiger partial charge is 0.0576 e. The van der Waals surface area contributed by atoms with Crippen molar-refractivity contribution in [3.05, 3.63) is 0 Å². The Morgan fingerprint density at radius 2 is 1.60 bits per heavy atom. The molecule has 1 spiro atoms. The highest BCUT2D eigenvalue weighted by atomic mass is 16.3. The van der Waals surface area contributed by atoms with E-state index in [0.29, 0.717) is 11.3 Å². The van der Waals surface area contributed by atoms with Crippen LogP contribution in [0.1, 0.15) is 64.2 Å². The van der Waals surface area contributed by atoms with Crippen LogP contribution in [-0.4, -0.2) is 11.2 Å². The van der Waals surface area contributed by atoms with Crippen molar-refractivity contribution in [2.45, 2.75) is 70.3 Å². The zero-order chi connectivity index (χ0) is 10.3. The summed E-state index contributed by atoms with van der Waals surface area (Å²) in [6, 6.07) is 0. The fourth-order valence-corrected chi connectivity index (χ4v) is 4.93. The van der Waals surface area contributed by atoms with Gasteiger partial charge in [-0.05, 0) is 49.4 Å². The van der Waals surface area contributed by atoms with E-state index in [4.69, 9.17) is 0 Å². The molecule has 0 aliphatic heterocycles. The second-order valence-corrected chi connectivity index (χ2v) is 6.25. The van der Waals surface area contributed by atoms with E-state index in [1.54, 1.807) is 0 Å². The average molecular weight is 208 g/mol. The number of aliphatic hydroxyl groups is 1. The average Bonchev–Trinajstić information content (AvgIpc) is 2.55. The molecule has 0 radical (unpaired) electrons. The third-order valence-corrected chi connectivity index (χ3v) is 5.57. The van der Waals surface area contributed by atoms with Crippen molar-refractivity contribution >= 4 is 0 Å². The molecule has 3 aliphatic carbocycles. The van der Waals surface area contributed by atoms with Gasteiger partial charge in [0.2, 0.25) is 0 Å². The highest BCUT2D eigenvalue weighted by Gasteiger charge is 2.52. The SMILES string of the molecule is O[C@@H]1CC2(CCCCC2)[C@@H]2CCCC[C@H]12. The normalized spacial score (nSPS) is 44.2. The second-order valence-electron chi connectivity index (χ2n) is 6.25. The summed E-state index contributed by atoms with van der Waals surface area (Å²) in [5.74, 6) is 1.57. The van der Waals surface area contributed by atoms with Gasteiger partial charge in [0.25, 0.3) is 0 Å².